The number of amides is 1. The van der Waals surface area contributed by atoms with Crippen molar-refractivity contribution in [3.05, 3.63) is 24.3 Å². The third kappa shape index (κ3) is 6.82. The van der Waals surface area contributed by atoms with Crippen molar-refractivity contribution >= 4 is 15.9 Å². The Morgan fingerprint density at radius 1 is 1.22 bits per heavy atom. The maximum Gasteiger partial charge on any atom is 0.573 e. The molecule has 7 nitrogen and oxygen atoms in total. The lowest BCUT2D eigenvalue weighted by Gasteiger charge is -2.37. The van der Waals surface area contributed by atoms with Crippen LogP contribution in [0.2, 0.25) is 0 Å². The molecule has 0 atom stereocenters. The van der Waals surface area contributed by atoms with Crippen LogP contribution >= 0.6 is 0 Å². The second-order valence-corrected chi connectivity index (χ2v) is 9.63. The minimum Gasteiger partial charge on any atom is -0.406 e. The molecule has 1 heterocycles. The molecule has 0 aliphatic carbocycles. The molecular weight excluding hydrogens is 449 g/mol. The van der Waals surface area contributed by atoms with Gasteiger partial charge in [-0.2, -0.15) is 4.31 Å². The van der Waals surface area contributed by atoms with Crippen LogP contribution < -0.4 is 4.74 Å². The largest absolute Gasteiger partial charge is 0.573 e. The average Bonchev–Trinajstić information content (AvgIpc) is 2.75. The monoisotopic (exact) mass is 480 g/mol. The molecule has 1 aromatic rings. The maximum absolute atomic E-state index is 13.1. The predicted molar refractivity (Wildman–Crippen MR) is 113 cm³/mol. The standard InChI is InChI=1S/C21H31F3N2O5S/c1-4-17(5-2)26(13-14-30-3)20(27)16-9-11-25(12-10-16)32(28,29)19-8-6-7-18(15-19)31-21(22,23)24/h6-8,15-17H,4-5,9-14H2,1-3H3. The molecule has 1 aliphatic heterocycles. The van der Waals surface area contributed by atoms with Crippen molar-refractivity contribution < 1.29 is 35.9 Å². The molecule has 0 unspecified atom stereocenters. The van der Waals surface area contributed by atoms with Crippen LogP contribution in [0.3, 0.4) is 0 Å². The van der Waals surface area contributed by atoms with Crippen LogP contribution in [-0.2, 0) is 19.6 Å². The van der Waals surface area contributed by atoms with E-state index in [4.69, 9.17) is 4.74 Å². The molecule has 182 valence electrons. The Balaban J connectivity index is 2.09. The quantitative estimate of drug-likeness (QED) is 0.511. The number of nitrogens with zero attached hydrogens (tertiary/aromatic N) is 2. The van der Waals surface area contributed by atoms with Gasteiger partial charge in [0.05, 0.1) is 11.5 Å². The summed E-state index contributed by atoms with van der Waals surface area (Å²) in [6.07, 6.45) is -2.59. The first-order valence-electron chi connectivity index (χ1n) is 10.7. The number of ether oxygens (including phenoxy) is 2. The van der Waals surface area contributed by atoms with Crippen LogP contribution in [-0.4, -0.2) is 69.3 Å². The highest BCUT2D eigenvalue weighted by Crippen LogP contribution is 2.29. The lowest BCUT2D eigenvalue weighted by atomic mass is 9.95. The van der Waals surface area contributed by atoms with E-state index in [-0.39, 0.29) is 35.9 Å². The minimum absolute atomic E-state index is 0.00614. The Hall–Kier alpha value is -1.85. The molecule has 0 radical (unpaired) electrons. The van der Waals surface area contributed by atoms with Gasteiger partial charge in [-0.1, -0.05) is 19.9 Å². The summed E-state index contributed by atoms with van der Waals surface area (Å²) in [6, 6.07) is 4.43. The van der Waals surface area contributed by atoms with Crippen LogP contribution in [0.25, 0.3) is 0 Å². The highest BCUT2D eigenvalue weighted by molar-refractivity contribution is 7.89. The van der Waals surface area contributed by atoms with Crippen molar-refractivity contribution in [1.29, 1.82) is 0 Å². The molecule has 0 aromatic heterocycles. The summed E-state index contributed by atoms with van der Waals surface area (Å²) in [4.78, 5) is 14.7. The van der Waals surface area contributed by atoms with E-state index >= 15 is 0 Å². The SMILES string of the molecule is CCC(CC)N(CCOC)C(=O)C1CCN(S(=O)(=O)c2cccc(OC(F)(F)F)c2)CC1. The van der Waals surface area contributed by atoms with Gasteiger partial charge in [0.2, 0.25) is 15.9 Å². The summed E-state index contributed by atoms with van der Waals surface area (Å²) in [6.45, 7) is 5.17. The lowest BCUT2D eigenvalue weighted by molar-refractivity contribution is -0.274. The number of benzene rings is 1. The summed E-state index contributed by atoms with van der Waals surface area (Å²) < 4.78 is 73.5. The van der Waals surface area contributed by atoms with Crippen molar-refractivity contribution in [3.63, 3.8) is 0 Å². The number of piperidine rings is 1. The number of sulfonamides is 1. The van der Waals surface area contributed by atoms with E-state index in [1.807, 2.05) is 18.7 Å². The predicted octanol–water partition coefficient (Wildman–Crippen LogP) is 3.65. The highest BCUT2D eigenvalue weighted by Gasteiger charge is 2.36. The van der Waals surface area contributed by atoms with Crippen LogP contribution in [0.15, 0.2) is 29.2 Å². The number of carbonyl (C=O) groups is 1. The molecule has 32 heavy (non-hydrogen) atoms. The summed E-state index contributed by atoms with van der Waals surface area (Å²) >= 11 is 0. The van der Waals surface area contributed by atoms with E-state index in [0.717, 1.165) is 25.0 Å². The van der Waals surface area contributed by atoms with E-state index in [1.54, 1.807) is 7.11 Å². The smallest absolute Gasteiger partial charge is 0.406 e. The van der Waals surface area contributed by atoms with E-state index in [1.165, 1.54) is 16.4 Å². The van der Waals surface area contributed by atoms with Gasteiger partial charge in [-0.05, 0) is 37.8 Å². The van der Waals surface area contributed by atoms with Crippen molar-refractivity contribution in [2.45, 2.75) is 56.8 Å². The van der Waals surface area contributed by atoms with Gasteiger partial charge in [-0.25, -0.2) is 8.42 Å². The molecule has 0 N–H and O–H groups in total. The fraction of sp³-hybridized carbons (Fsp3) is 0.667. The molecule has 1 fully saturated rings. The summed E-state index contributed by atoms with van der Waals surface area (Å²) in [7, 11) is -2.43. The first-order chi connectivity index (χ1) is 15.0. The number of carbonyl (C=O) groups excluding carboxylic acids is 1. The van der Waals surface area contributed by atoms with Gasteiger partial charge in [0.15, 0.2) is 0 Å². The van der Waals surface area contributed by atoms with Gasteiger partial charge in [-0.3, -0.25) is 4.79 Å². The van der Waals surface area contributed by atoms with E-state index in [2.05, 4.69) is 4.74 Å². The fourth-order valence-corrected chi connectivity index (χ4v) is 5.46. The molecule has 2 rings (SSSR count). The first kappa shape index (κ1) is 26.4. The molecule has 0 bridgehead atoms. The summed E-state index contributed by atoms with van der Waals surface area (Å²) in [5.41, 5.74) is 0. The van der Waals surface area contributed by atoms with Crippen molar-refractivity contribution in [1.82, 2.24) is 9.21 Å². The fourth-order valence-electron chi connectivity index (χ4n) is 3.95. The number of rotatable bonds is 10. The molecule has 1 aliphatic rings. The Morgan fingerprint density at radius 2 is 1.84 bits per heavy atom. The molecule has 0 spiro atoms. The molecule has 11 heteroatoms. The Morgan fingerprint density at radius 3 is 2.38 bits per heavy atom. The number of methoxy groups -OCH3 is 1. The zero-order chi connectivity index (χ0) is 23.9. The van der Waals surface area contributed by atoms with Crippen molar-refractivity contribution in [3.8, 4) is 5.75 Å². The van der Waals surface area contributed by atoms with Crippen LogP contribution in [0, 0.1) is 5.92 Å². The van der Waals surface area contributed by atoms with Gasteiger partial charge in [0, 0.05) is 44.8 Å². The van der Waals surface area contributed by atoms with E-state index in [9.17, 15) is 26.4 Å². The highest BCUT2D eigenvalue weighted by atomic mass is 32.2. The van der Waals surface area contributed by atoms with Gasteiger partial charge in [0.1, 0.15) is 5.75 Å². The molecule has 1 aromatic carbocycles. The molecule has 0 saturated carbocycles. The zero-order valence-electron chi connectivity index (χ0n) is 18.6. The first-order valence-corrected chi connectivity index (χ1v) is 12.1. The van der Waals surface area contributed by atoms with Gasteiger partial charge in [-0.15, -0.1) is 13.2 Å². The van der Waals surface area contributed by atoms with Gasteiger partial charge in [0.25, 0.3) is 0 Å². The Labute approximate surface area is 187 Å². The lowest BCUT2D eigenvalue weighted by Crippen LogP contribution is -2.48. The van der Waals surface area contributed by atoms with Crippen LogP contribution in [0.5, 0.6) is 5.75 Å². The van der Waals surface area contributed by atoms with Gasteiger partial charge >= 0.3 is 6.36 Å². The topological polar surface area (TPSA) is 76.2 Å². The number of halogens is 3. The summed E-state index contributed by atoms with van der Waals surface area (Å²) in [5.74, 6) is -0.908. The number of hydrogen-bond acceptors (Lipinski definition) is 5. The normalized spacial score (nSPS) is 16.3. The van der Waals surface area contributed by atoms with E-state index < -0.39 is 22.1 Å². The summed E-state index contributed by atoms with van der Waals surface area (Å²) in [5, 5.41) is 0. The second-order valence-electron chi connectivity index (χ2n) is 7.70. The second kappa shape index (κ2) is 11.3. The van der Waals surface area contributed by atoms with Gasteiger partial charge < -0.3 is 14.4 Å². The zero-order valence-corrected chi connectivity index (χ0v) is 19.4. The van der Waals surface area contributed by atoms with Crippen LogP contribution in [0.4, 0.5) is 13.2 Å². The molecule has 1 amide bonds. The maximum atomic E-state index is 13.1. The van der Waals surface area contributed by atoms with Crippen molar-refractivity contribution in [2.75, 3.05) is 33.4 Å². The Bertz CT molecular complexity index is 851. The molecule has 1 saturated heterocycles. The third-order valence-electron chi connectivity index (χ3n) is 5.68. The van der Waals surface area contributed by atoms with Crippen LogP contribution in [0.1, 0.15) is 39.5 Å². The number of alkyl halides is 3. The molecular formula is C21H31F3N2O5S. The average molecular weight is 481 g/mol. The van der Waals surface area contributed by atoms with E-state index in [0.29, 0.717) is 26.0 Å². The van der Waals surface area contributed by atoms with Crippen molar-refractivity contribution in [2.24, 2.45) is 5.92 Å². The third-order valence-corrected chi connectivity index (χ3v) is 7.58. The Kier molecular flexibility index (Phi) is 9.35. The minimum atomic E-state index is -4.91. The number of hydrogen-bond donors (Lipinski definition) is 0.